The van der Waals surface area contributed by atoms with Crippen molar-refractivity contribution in [3.8, 4) is 0 Å². The fourth-order valence-electron chi connectivity index (χ4n) is 0.611. The first-order chi connectivity index (χ1) is 4.61. The Kier molecular flexibility index (Phi) is 2.52. The number of hydrogen-bond donors (Lipinski definition) is 2. The molecule has 0 fully saturated rings. The average Bonchev–Trinajstić information content (AvgIpc) is 2.13. The van der Waals surface area contributed by atoms with Crippen LogP contribution in [0.2, 0.25) is 0 Å². The molecule has 1 rings (SSSR count). The lowest BCUT2D eigenvalue weighted by Gasteiger charge is -1.87. The van der Waals surface area contributed by atoms with E-state index in [0.717, 1.165) is 9.35 Å². The second-order valence-electron chi connectivity index (χ2n) is 1.98. The maximum Gasteiger partial charge on any atom is 0.499 e. The molecule has 0 aliphatic rings. The van der Waals surface area contributed by atoms with Gasteiger partial charge in [0, 0.05) is 4.78 Å². The third-order valence-electron chi connectivity index (χ3n) is 1.13. The number of rotatable bonds is 1. The minimum Gasteiger partial charge on any atom is -0.423 e. The van der Waals surface area contributed by atoms with Crippen molar-refractivity contribution in [3.05, 3.63) is 15.4 Å². The quantitative estimate of drug-likeness (QED) is 0.677. The summed E-state index contributed by atoms with van der Waals surface area (Å²) in [6, 6.07) is 1.75. The Bertz CT molecular complexity index is 216. The Labute approximate surface area is 71.8 Å². The molecule has 1 aromatic heterocycles. The van der Waals surface area contributed by atoms with Gasteiger partial charge in [-0.3, -0.25) is 0 Å². The highest BCUT2D eigenvalue weighted by Crippen LogP contribution is 2.20. The molecule has 0 bridgehead atoms. The predicted octanol–water partition coefficient (Wildman–Crippen LogP) is 0.499. The summed E-state index contributed by atoms with van der Waals surface area (Å²) in [7, 11) is -1.34. The maximum atomic E-state index is 8.71. The van der Waals surface area contributed by atoms with Gasteiger partial charge in [-0.2, -0.15) is 0 Å². The van der Waals surface area contributed by atoms with Crippen LogP contribution in [0.1, 0.15) is 5.56 Å². The van der Waals surface area contributed by atoms with Crippen molar-refractivity contribution in [2.75, 3.05) is 0 Å². The molecule has 10 heavy (non-hydrogen) atoms. The van der Waals surface area contributed by atoms with Gasteiger partial charge in [-0.15, -0.1) is 11.3 Å². The van der Waals surface area contributed by atoms with Crippen LogP contribution in [0.15, 0.2) is 9.85 Å². The van der Waals surface area contributed by atoms with E-state index in [4.69, 9.17) is 10.0 Å². The molecule has 1 heterocycles. The molecule has 5 heteroatoms. The number of halogens is 1. The first-order valence-electron chi connectivity index (χ1n) is 2.73. The maximum absolute atomic E-state index is 8.71. The SMILES string of the molecule is Cc1cc(B(O)O)sc1Br. The number of thiophene rings is 1. The molecule has 0 spiro atoms. The van der Waals surface area contributed by atoms with Gasteiger partial charge in [0.1, 0.15) is 0 Å². The van der Waals surface area contributed by atoms with Gasteiger partial charge < -0.3 is 10.0 Å². The molecule has 2 nitrogen and oxygen atoms in total. The van der Waals surface area contributed by atoms with Gasteiger partial charge >= 0.3 is 7.12 Å². The first kappa shape index (κ1) is 8.26. The zero-order chi connectivity index (χ0) is 7.72. The smallest absolute Gasteiger partial charge is 0.423 e. The van der Waals surface area contributed by atoms with Crippen LogP contribution >= 0.6 is 27.3 Å². The van der Waals surface area contributed by atoms with Crippen molar-refractivity contribution < 1.29 is 10.0 Å². The first-order valence-corrected chi connectivity index (χ1v) is 4.34. The molecule has 0 saturated heterocycles. The fourth-order valence-corrected chi connectivity index (χ4v) is 2.05. The van der Waals surface area contributed by atoms with Gasteiger partial charge in [0.05, 0.1) is 3.79 Å². The summed E-state index contributed by atoms with van der Waals surface area (Å²) < 4.78 is 1.53. The predicted molar refractivity (Wildman–Crippen MR) is 46.6 cm³/mol. The molecular weight excluding hydrogens is 215 g/mol. The van der Waals surface area contributed by atoms with Crippen LogP contribution in [0.5, 0.6) is 0 Å². The minimum atomic E-state index is -1.34. The zero-order valence-electron chi connectivity index (χ0n) is 5.34. The Morgan fingerprint density at radius 1 is 1.60 bits per heavy atom. The third kappa shape index (κ3) is 1.60. The molecule has 0 amide bonds. The second-order valence-corrected chi connectivity index (χ2v) is 4.38. The van der Waals surface area contributed by atoms with Crippen LogP contribution in [0.4, 0.5) is 0 Å². The van der Waals surface area contributed by atoms with Crippen LogP contribution in [-0.2, 0) is 0 Å². The highest BCUT2D eigenvalue weighted by molar-refractivity contribution is 9.11. The van der Waals surface area contributed by atoms with E-state index in [2.05, 4.69) is 15.9 Å². The summed E-state index contributed by atoms with van der Waals surface area (Å²) in [4.78, 5) is 0. The number of aryl methyl sites for hydroxylation is 1. The van der Waals surface area contributed by atoms with Gasteiger partial charge in [-0.05, 0) is 34.5 Å². The van der Waals surface area contributed by atoms with Crippen molar-refractivity contribution in [2.45, 2.75) is 6.92 Å². The van der Waals surface area contributed by atoms with Gasteiger partial charge in [-0.25, -0.2) is 0 Å². The topological polar surface area (TPSA) is 40.5 Å². The molecule has 0 aliphatic carbocycles. The van der Waals surface area contributed by atoms with Gasteiger partial charge in [-0.1, -0.05) is 0 Å². The van der Waals surface area contributed by atoms with Gasteiger partial charge in [0.2, 0.25) is 0 Å². The Morgan fingerprint density at radius 2 is 2.20 bits per heavy atom. The van der Waals surface area contributed by atoms with Crippen LogP contribution in [0.3, 0.4) is 0 Å². The van der Waals surface area contributed by atoms with Crippen molar-refractivity contribution in [1.82, 2.24) is 0 Å². The molecular formula is C5H6BBrO2S. The number of hydrogen-bond acceptors (Lipinski definition) is 3. The van der Waals surface area contributed by atoms with E-state index in [1.54, 1.807) is 6.07 Å². The van der Waals surface area contributed by atoms with Gasteiger partial charge in [0.15, 0.2) is 0 Å². The summed E-state index contributed by atoms with van der Waals surface area (Å²) in [5, 5.41) is 17.4. The minimum absolute atomic E-state index is 0.573. The summed E-state index contributed by atoms with van der Waals surface area (Å²) in [6.07, 6.45) is 0. The molecule has 0 atom stereocenters. The third-order valence-corrected chi connectivity index (χ3v) is 3.31. The van der Waals surface area contributed by atoms with E-state index in [9.17, 15) is 0 Å². The standard InChI is InChI=1S/C5H6BBrO2S/c1-3-2-4(6(8)9)10-5(3)7/h2,8-9H,1H3. The van der Waals surface area contributed by atoms with E-state index < -0.39 is 7.12 Å². The van der Waals surface area contributed by atoms with E-state index in [1.165, 1.54) is 11.3 Å². The molecule has 0 saturated carbocycles. The highest BCUT2D eigenvalue weighted by atomic mass is 79.9. The molecule has 0 aromatic carbocycles. The summed E-state index contributed by atoms with van der Waals surface area (Å²) in [5.74, 6) is 0. The molecule has 1 aromatic rings. The molecule has 2 N–H and O–H groups in total. The summed E-state index contributed by atoms with van der Waals surface area (Å²) in [6.45, 7) is 1.91. The van der Waals surface area contributed by atoms with Crippen LogP contribution in [-0.4, -0.2) is 17.2 Å². The average molecular weight is 221 g/mol. The van der Waals surface area contributed by atoms with E-state index >= 15 is 0 Å². The van der Waals surface area contributed by atoms with Crippen molar-refractivity contribution in [2.24, 2.45) is 0 Å². The largest absolute Gasteiger partial charge is 0.499 e. The Balaban J connectivity index is 2.98. The monoisotopic (exact) mass is 220 g/mol. The summed E-state index contributed by atoms with van der Waals surface area (Å²) in [5.41, 5.74) is 1.04. The van der Waals surface area contributed by atoms with E-state index in [0.29, 0.717) is 4.78 Å². The van der Waals surface area contributed by atoms with Crippen molar-refractivity contribution in [1.29, 1.82) is 0 Å². The van der Waals surface area contributed by atoms with E-state index in [1.807, 2.05) is 6.92 Å². The molecule has 0 aliphatic heterocycles. The lowest BCUT2D eigenvalue weighted by atomic mass is 9.89. The molecule has 54 valence electrons. The zero-order valence-corrected chi connectivity index (χ0v) is 7.74. The lowest BCUT2D eigenvalue weighted by molar-refractivity contribution is 0.427. The Hall–Kier alpha value is 0.165. The highest BCUT2D eigenvalue weighted by Gasteiger charge is 2.14. The molecule has 0 radical (unpaired) electrons. The summed E-state index contributed by atoms with van der Waals surface area (Å²) >= 11 is 4.62. The van der Waals surface area contributed by atoms with Crippen LogP contribution in [0, 0.1) is 6.92 Å². The van der Waals surface area contributed by atoms with Crippen LogP contribution in [0.25, 0.3) is 0 Å². The van der Waals surface area contributed by atoms with Crippen molar-refractivity contribution >= 4 is 39.2 Å². The fraction of sp³-hybridized carbons (Fsp3) is 0.200. The second kappa shape index (κ2) is 3.05. The Morgan fingerprint density at radius 3 is 2.40 bits per heavy atom. The van der Waals surface area contributed by atoms with Gasteiger partial charge in [0.25, 0.3) is 0 Å². The molecule has 0 unspecified atom stereocenters. The van der Waals surface area contributed by atoms with E-state index in [-0.39, 0.29) is 0 Å². The normalized spacial score (nSPS) is 10.0. The van der Waals surface area contributed by atoms with Crippen LogP contribution < -0.4 is 4.78 Å². The van der Waals surface area contributed by atoms with Crippen molar-refractivity contribution in [3.63, 3.8) is 0 Å². The lowest BCUT2D eigenvalue weighted by Crippen LogP contribution is -2.26.